The lowest BCUT2D eigenvalue weighted by molar-refractivity contribution is -0.139. The first-order valence-corrected chi connectivity index (χ1v) is 10.5. The van der Waals surface area contributed by atoms with Crippen molar-refractivity contribution in [2.45, 2.75) is 25.7 Å². The van der Waals surface area contributed by atoms with Gasteiger partial charge in [-0.1, -0.05) is 0 Å². The van der Waals surface area contributed by atoms with Gasteiger partial charge in [-0.2, -0.15) is 0 Å². The first kappa shape index (κ1) is 19.2. The highest BCUT2D eigenvalue weighted by molar-refractivity contribution is 7.91. The summed E-state index contributed by atoms with van der Waals surface area (Å²) in [4.78, 5) is 30.0. The van der Waals surface area contributed by atoms with Crippen molar-refractivity contribution < 1.29 is 18.0 Å². The van der Waals surface area contributed by atoms with Crippen LogP contribution in [0.4, 0.5) is 0 Å². The molecular formula is C16H29N3O4S. The van der Waals surface area contributed by atoms with E-state index in [-0.39, 0.29) is 29.2 Å². The summed E-state index contributed by atoms with van der Waals surface area (Å²) in [5, 5.41) is 0. The van der Waals surface area contributed by atoms with Crippen LogP contribution in [-0.2, 0) is 19.4 Å². The van der Waals surface area contributed by atoms with Crippen LogP contribution in [-0.4, -0.2) is 93.3 Å². The van der Waals surface area contributed by atoms with Crippen LogP contribution in [0.25, 0.3) is 0 Å². The Morgan fingerprint density at radius 3 is 2.00 bits per heavy atom. The summed E-state index contributed by atoms with van der Waals surface area (Å²) < 4.78 is 22.9. The predicted octanol–water partition coefficient (Wildman–Crippen LogP) is -0.176. The highest BCUT2D eigenvalue weighted by Gasteiger charge is 2.29. The third-order valence-electron chi connectivity index (χ3n) is 4.85. The van der Waals surface area contributed by atoms with E-state index in [1.54, 1.807) is 4.90 Å². The fraction of sp³-hybridized carbons (Fsp3) is 0.875. The molecule has 8 heteroatoms. The highest BCUT2D eigenvalue weighted by atomic mass is 32.2. The van der Waals surface area contributed by atoms with E-state index in [2.05, 4.69) is 0 Å². The number of sulfone groups is 1. The second-order valence-corrected chi connectivity index (χ2v) is 9.35. The zero-order chi connectivity index (χ0) is 17.7. The van der Waals surface area contributed by atoms with Crippen LogP contribution in [0, 0.1) is 5.92 Å². The van der Waals surface area contributed by atoms with Crippen molar-refractivity contribution in [2.24, 2.45) is 5.92 Å². The minimum atomic E-state index is -2.87. The number of carbonyl (C=O) groups excluding carboxylic acids is 2. The first-order chi connectivity index (χ1) is 11.3. The van der Waals surface area contributed by atoms with Gasteiger partial charge in [0.05, 0.1) is 11.5 Å². The van der Waals surface area contributed by atoms with Crippen LogP contribution in [0.3, 0.4) is 0 Å². The van der Waals surface area contributed by atoms with Crippen molar-refractivity contribution in [1.82, 2.24) is 14.7 Å². The standard InChI is InChI=1S/C16H29N3O4S/c1-17(2)7-5-16(21)19-10-8-18(9-11-19)15(20)4-3-14-6-12-24(22,23)13-14/h14H,3-13H2,1-2H3. The van der Waals surface area contributed by atoms with Gasteiger partial charge in [-0.15, -0.1) is 0 Å². The predicted molar refractivity (Wildman–Crippen MR) is 92.3 cm³/mol. The van der Waals surface area contributed by atoms with E-state index in [4.69, 9.17) is 0 Å². The minimum Gasteiger partial charge on any atom is -0.339 e. The van der Waals surface area contributed by atoms with Crippen LogP contribution >= 0.6 is 0 Å². The van der Waals surface area contributed by atoms with E-state index in [9.17, 15) is 18.0 Å². The highest BCUT2D eigenvalue weighted by Crippen LogP contribution is 2.23. The Hall–Kier alpha value is -1.15. The Morgan fingerprint density at radius 1 is 1.00 bits per heavy atom. The summed E-state index contributed by atoms with van der Waals surface area (Å²) >= 11 is 0. The van der Waals surface area contributed by atoms with Crippen LogP contribution < -0.4 is 0 Å². The molecular weight excluding hydrogens is 330 g/mol. The molecule has 0 aromatic rings. The SMILES string of the molecule is CN(C)CCC(=O)N1CCN(C(=O)CCC2CCS(=O)(=O)C2)CC1. The maximum atomic E-state index is 12.3. The van der Waals surface area contributed by atoms with Crippen LogP contribution in [0.1, 0.15) is 25.7 Å². The van der Waals surface area contributed by atoms with E-state index in [0.29, 0.717) is 51.9 Å². The smallest absolute Gasteiger partial charge is 0.223 e. The Balaban J connectivity index is 1.68. The van der Waals surface area contributed by atoms with Gasteiger partial charge in [-0.3, -0.25) is 9.59 Å². The maximum absolute atomic E-state index is 12.3. The molecule has 0 bridgehead atoms. The van der Waals surface area contributed by atoms with Gasteiger partial charge in [-0.25, -0.2) is 8.42 Å². The molecule has 7 nitrogen and oxygen atoms in total. The largest absolute Gasteiger partial charge is 0.339 e. The molecule has 1 unspecified atom stereocenters. The van der Waals surface area contributed by atoms with Gasteiger partial charge in [-0.05, 0) is 32.9 Å². The topological polar surface area (TPSA) is 78.0 Å². The number of carbonyl (C=O) groups is 2. The monoisotopic (exact) mass is 359 g/mol. The molecule has 1 atom stereocenters. The van der Waals surface area contributed by atoms with Crippen molar-refractivity contribution in [1.29, 1.82) is 0 Å². The molecule has 0 spiro atoms. The maximum Gasteiger partial charge on any atom is 0.223 e. The Labute approximate surface area is 144 Å². The molecule has 2 amide bonds. The lowest BCUT2D eigenvalue weighted by atomic mass is 10.0. The molecule has 0 aliphatic carbocycles. The average Bonchev–Trinajstić information content (AvgIpc) is 2.89. The molecule has 138 valence electrons. The lowest BCUT2D eigenvalue weighted by Crippen LogP contribution is -2.50. The normalized spacial score (nSPS) is 23.7. The fourth-order valence-corrected chi connectivity index (χ4v) is 5.18. The number of hydrogen-bond donors (Lipinski definition) is 0. The molecule has 0 N–H and O–H groups in total. The average molecular weight is 359 g/mol. The van der Waals surface area contributed by atoms with Crippen molar-refractivity contribution in [3.05, 3.63) is 0 Å². The van der Waals surface area contributed by atoms with Gasteiger partial charge >= 0.3 is 0 Å². The van der Waals surface area contributed by atoms with Gasteiger partial charge in [0.2, 0.25) is 11.8 Å². The molecule has 2 aliphatic heterocycles. The van der Waals surface area contributed by atoms with Gasteiger partial charge < -0.3 is 14.7 Å². The molecule has 0 aromatic carbocycles. The number of piperazine rings is 1. The van der Waals surface area contributed by atoms with E-state index >= 15 is 0 Å². The van der Waals surface area contributed by atoms with E-state index in [1.807, 2.05) is 23.9 Å². The zero-order valence-electron chi connectivity index (χ0n) is 14.7. The second kappa shape index (κ2) is 8.29. The summed E-state index contributed by atoms with van der Waals surface area (Å²) in [6, 6.07) is 0. The molecule has 2 fully saturated rings. The van der Waals surface area contributed by atoms with Crippen LogP contribution in [0.15, 0.2) is 0 Å². The zero-order valence-corrected chi connectivity index (χ0v) is 15.6. The van der Waals surface area contributed by atoms with E-state index in [0.717, 1.165) is 6.54 Å². The second-order valence-electron chi connectivity index (χ2n) is 7.12. The summed E-state index contributed by atoms with van der Waals surface area (Å²) in [7, 11) is 1.02. The molecule has 0 saturated carbocycles. The summed E-state index contributed by atoms with van der Waals surface area (Å²) in [5.41, 5.74) is 0. The number of hydrogen-bond acceptors (Lipinski definition) is 5. The number of rotatable bonds is 6. The summed E-state index contributed by atoms with van der Waals surface area (Å²) in [5.74, 6) is 0.855. The van der Waals surface area contributed by atoms with Crippen molar-refractivity contribution >= 4 is 21.7 Å². The van der Waals surface area contributed by atoms with Gasteiger partial charge in [0.15, 0.2) is 9.84 Å². The third kappa shape index (κ3) is 5.73. The van der Waals surface area contributed by atoms with E-state index < -0.39 is 9.84 Å². The van der Waals surface area contributed by atoms with Crippen LogP contribution in [0.2, 0.25) is 0 Å². The quantitative estimate of drug-likeness (QED) is 0.658. The Morgan fingerprint density at radius 2 is 1.54 bits per heavy atom. The molecule has 24 heavy (non-hydrogen) atoms. The molecule has 2 aliphatic rings. The van der Waals surface area contributed by atoms with Gasteiger partial charge in [0, 0.05) is 45.6 Å². The Bertz CT molecular complexity index is 554. The molecule has 2 rings (SSSR count). The molecule has 2 heterocycles. The third-order valence-corrected chi connectivity index (χ3v) is 6.69. The van der Waals surface area contributed by atoms with Gasteiger partial charge in [0.1, 0.15) is 0 Å². The van der Waals surface area contributed by atoms with Gasteiger partial charge in [0.25, 0.3) is 0 Å². The molecule has 0 radical (unpaired) electrons. The minimum absolute atomic E-state index is 0.0830. The number of amides is 2. The summed E-state index contributed by atoms with van der Waals surface area (Å²) in [6.45, 7) is 3.08. The van der Waals surface area contributed by atoms with Crippen molar-refractivity contribution in [3.8, 4) is 0 Å². The van der Waals surface area contributed by atoms with Crippen molar-refractivity contribution in [3.63, 3.8) is 0 Å². The number of nitrogens with zero attached hydrogens (tertiary/aromatic N) is 3. The van der Waals surface area contributed by atoms with E-state index in [1.165, 1.54) is 0 Å². The fourth-order valence-electron chi connectivity index (χ4n) is 3.27. The Kier molecular flexibility index (Phi) is 6.62. The summed E-state index contributed by atoms with van der Waals surface area (Å²) in [6.07, 6.45) is 2.26. The first-order valence-electron chi connectivity index (χ1n) is 8.67. The van der Waals surface area contributed by atoms with Crippen LogP contribution in [0.5, 0.6) is 0 Å². The molecule has 0 aromatic heterocycles. The molecule has 2 saturated heterocycles. The lowest BCUT2D eigenvalue weighted by Gasteiger charge is -2.35. The van der Waals surface area contributed by atoms with Crippen molar-refractivity contribution in [2.75, 3.05) is 58.3 Å².